The quantitative estimate of drug-likeness (QED) is 0.932. The number of rotatable bonds is 4. The van der Waals surface area contributed by atoms with Crippen molar-refractivity contribution in [3.63, 3.8) is 0 Å². The second-order valence-electron chi connectivity index (χ2n) is 5.12. The van der Waals surface area contributed by atoms with Gasteiger partial charge >= 0.3 is 0 Å². The van der Waals surface area contributed by atoms with Crippen LogP contribution in [-0.4, -0.2) is 20.8 Å². The molecule has 1 aliphatic heterocycles. The Morgan fingerprint density at radius 2 is 2.42 bits per heavy atom. The van der Waals surface area contributed by atoms with Gasteiger partial charge in [-0.2, -0.15) is 5.10 Å². The summed E-state index contributed by atoms with van der Waals surface area (Å²) in [7, 11) is 0. The highest BCUT2D eigenvalue weighted by Gasteiger charge is 2.21. The van der Waals surface area contributed by atoms with Crippen LogP contribution in [0.4, 0.5) is 0 Å². The van der Waals surface area contributed by atoms with Gasteiger partial charge in [0.25, 0.3) is 0 Å². The second kappa shape index (κ2) is 5.43. The zero-order valence-electron chi connectivity index (χ0n) is 11.5. The van der Waals surface area contributed by atoms with E-state index in [1.807, 2.05) is 11.3 Å². The van der Waals surface area contributed by atoms with Crippen molar-refractivity contribution in [2.24, 2.45) is 0 Å². The summed E-state index contributed by atoms with van der Waals surface area (Å²) < 4.78 is 2.08. The Balaban J connectivity index is 1.61. The number of hydrogen-bond donors (Lipinski definition) is 1. The summed E-state index contributed by atoms with van der Waals surface area (Å²) in [4.78, 5) is 6.00. The lowest BCUT2D eigenvalue weighted by Crippen LogP contribution is -2.37. The number of nitrogens with zero attached hydrogens (tertiary/aromatic N) is 3. The van der Waals surface area contributed by atoms with Gasteiger partial charge in [0.05, 0.1) is 6.54 Å². The first-order valence-electron chi connectivity index (χ1n) is 6.95. The summed E-state index contributed by atoms with van der Waals surface area (Å²) in [5, 5.41) is 10.4. The van der Waals surface area contributed by atoms with Crippen molar-refractivity contribution in [3.8, 4) is 0 Å². The van der Waals surface area contributed by atoms with Crippen LogP contribution in [0.5, 0.6) is 0 Å². The van der Waals surface area contributed by atoms with Crippen molar-refractivity contribution in [3.05, 3.63) is 33.5 Å². The van der Waals surface area contributed by atoms with Gasteiger partial charge in [-0.05, 0) is 30.4 Å². The van der Waals surface area contributed by atoms with Gasteiger partial charge < -0.3 is 5.32 Å². The number of fused-ring (bicyclic) bond motifs is 1. The van der Waals surface area contributed by atoms with Crippen molar-refractivity contribution in [1.82, 2.24) is 20.1 Å². The largest absolute Gasteiger partial charge is 0.307 e. The van der Waals surface area contributed by atoms with Crippen molar-refractivity contribution in [2.45, 2.75) is 52.2 Å². The normalized spacial score (nSPS) is 18.5. The lowest BCUT2D eigenvalue weighted by atomic mass is 10.1. The molecule has 0 amide bonds. The Morgan fingerprint density at radius 3 is 3.16 bits per heavy atom. The monoisotopic (exact) mass is 276 g/mol. The summed E-state index contributed by atoms with van der Waals surface area (Å²) >= 11 is 1.83. The van der Waals surface area contributed by atoms with Crippen LogP contribution in [0.15, 0.2) is 11.4 Å². The maximum absolute atomic E-state index is 4.55. The molecule has 1 aliphatic rings. The van der Waals surface area contributed by atoms with Gasteiger partial charge in [0.15, 0.2) is 5.82 Å². The van der Waals surface area contributed by atoms with Crippen LogP contribution < -0.4 is 5.32 Å². The molecule has 3 rings (SSSR count). The third kappa shape index (κ3) is 2.72. The van der Waals surface area contributed by atoms with Gasteiger partial charge in [-0.25, -0.2) is 9.67 Å². The Hall–Kier alpha value is -1.20. The molecule has 0 aromatic carbocycles. The fourth-order valence-corrected chi connectivity index (χ4v) is 3.36. The first-order chi connectivity index (χ1) is 9.26. The highest BCUT2D eigenvalue weighted by atomic mass is 32.1. The SMILES string of the molecule is CCc1nc2n(n1)CC(NCc1sccc1C)CC2. The zero-order chi connectivity index (χ0) is 13.2. The van der Waals surface area contributed by atoms with E-state index >= 15 is 0 Å². The lowest BCUT2D eigenvalue weighted by Gasteiger charge is -2.23. The standard InChI is InChI=1S/C14H20N4S/c1-3-13-16-14-5-4-11(9-18(14)17-13)15-8-12-10(2)6-7-19-12/h6-7,11,15H,3-5,8-9H2,1-2H3. The van der Waals surface area contributed by atoms with Crippen LogP contribution in [0.3, 0.4) is 0 Å². The molecule has 0 radical (unpaired) electrons. The Kier molecular flexibility index (Phi) is 3.66. The third-order valence-electron chi connectivity index (χ3n) is 3.74. The molecule has 3 heterocycles. The van der Waals surface area contributed by atoms with Crippen LogP contribution in [0.1, 0.15) is 35.4 Å². The predicted molar refractivity (Wildman–Crippen MR) is 77.4 cm³/mol. The number of thiophene rings is 1. The number of hydrogen-bond acceptors (Lipinski definition) is 4. The summed E-state index contributed by atoms with van der Waals surface area (Å²) in [5.41, 5.74) is 1.39. The van der Waals surface area contributed by atoms with E-state index in [1.165, 1.54) is 10.4 Å². The molecule has 1 atom stereocenters. The van der Waals surface area contributed by atoms with Crippen LogP contribution in [0.2, 0.25) is 0 Å². The lowest BCUT2D eigenvalue weighted by molar-refractivity contribution is 0.358. The van der Waals surface area contributed by atoms with Crippen molar-refractivity contribution in [1.29, 1.82) is 0 Å². The van der Waals surface area contributed by atoms with Gasteiger partial charge in [-0.15, -0.1) is 11.3 Å². The molecular weight excluding hydrogens is 256 g/mol. The Labute approximate surface area is 117 Å². The van der Waals surface area contributed by atoms with Gasteiger partial charge in [-0.3, -0.25) is 0 Å². The maximum Gasteiger partial charge on any atom is 0.150 e. The smallest absolute Gasteiger partial charge is 0.150 e. The fraction of sp³-hybridized carbons (Fsp3) is 0.571. The van der Waals surface area contributed by atoms with Crippen LogP contribution in [0, 0.1) is 6.92 Å². The fourth-order valence-electron chi connectivity index (χ4n) is 2.50. The van der Waals surface area contributed by atoms with E-state index in [9.17, 15) is 0 Å². The summed E-state index contributed by atoms with van der Waals surface area (Å²) in [6, 6.07) is 2.70. The van der Waals surface area contributed by atoms with E-state index < -0.39 is 0 Å². The molecule has 19 heavy (non-hydrogen) atoms. The maximum atomic E-state index is 4.55. The molecule has 102 valence electrons. The minimum atomic E-state index is 0.514. The molecule has 1 N–H and O–H groups in total. The average Bonchev–Trinajstić information content (AvgIpc) is 3.01. The van der Waals surface area contributed by atoms with Gasteiger partial charge in [0.2, 0.25) is 0 Å². The second-order valence-corrected chi connectivity index (χ2v) is 6.12. The molecule has 0 spiro atoms. The van der Waals surface area contributed by atoms with Crippen molar-refractivity contribution >= 4 is 11.3 Å². The molecule has 5 heteroatoms. The van der Waals surface area contributed by atoms with Crippen LogP contribution in [-0.2, 0) is 25.9 Å². The Morgan fingerprint density at radius 1 is 1.53 bits per heavy atom. The van der Waals surface area contributed by atoms with Gasteiger partial charge in [0, 0.05) is 30.3 Å². The highest BCUT2D eigenvalue weighted by Crippen LogP contribution is 2.17. The first-order valence-corrected chi connectivity index (χ1v) is 7.83. The van der Waals surface area contributed by atoms with E-state index in [0.29, 0.717) is 6.04 Å². The van der Waals surface area contributed by atoms with Gasteiger partial charge in [0.1, 0.15) is 5.82 Å². The van der Waals surface area contributed by atoms with Gasteiger partial charge in [-0.1, -0.05) is 6.92 Å². The van der Waals surface area contributed by atoms with E-state index in [1.54, 1.807) is 0 Å². The summed E-state index contributed by atoms with van der Waals surface area (Å²) in [6.07, 6.45) is 3.12. The average molecular weight is 276 g/mol. The Bertz CT molecular complexity index is 558. The van der Waals surface area contributed by atoms with Crippen molar-refractivity contribution < 1.29 is 0 Å². The minimum Gasteiger partial charge on any atom is -0.307 e. The third-order valence-corrected chi connectivity index (χ3v) is 4.76. The molecule has 0 fully saturated rings. The number of aryl methyl sites for hydroxylation is 3. The van der Waals surface area contributed by atoms with E-state index in [0.717, 1.165) is 44.0 Å². The van der Waals surface area contributed by atoms with E-state index in [2.05, 4.69) is 45.4 Å². The van der Waals surface area contributed by atoms with Crippen LogP contribution in [0.25, 0.3) is 0 Å². The van der Waals surface area contributed by atoms with E-state index in [4.69, 9.17) is 0 Å². The number of nitrogens with one attached hydrogen (secondary N) is 1. The molecule has 0 bridgehead atoms. The molecule has 0 saturated carbocycles. The molecule has 2 aromatic heterocycles. The molecule has 0 aliphatic carbocycles. The molecule has 4 nitrogen and oxygen atoms in total. The topological polar surface area (TPSA) is 42.7 Å². The summed E-state index contributed by atoms with van der Waals surface area (Å²) in [6.45, 7) is 6.21. The summed E-state index contributed by atoms with van der Waals surface area (Å²) in [5.74, 6) is 2.13. The van der Waals surface area contributed by atoms with E-state index in [-0.39, 0.29) is 0 Å². The first kappa shape index (κ1) is 12.8. The minimum absolute atomic E-state index is 0.514. The zero-order valence-corrected chi connectivity index (χ0v) is 12.3. The highest BCUT2D eigenvalue weighted by molar-refractivity contribution is 7.10. The predicted octanol–water partition coefficient (Wildman–Crippen LogP) is 2.32. The number of aromatic nitrogens is 3. The van der Waals surface area contributed by atoms with Crippen LogP contribution >= 0.6 is 11.3 Å². The molecule has 0 saturated heterocycles. The molecular formula is C14H20N4S. The molecule has 1 unspecified atom stereocenters. The molecule has 2 aromatic rings. The van der Waals surface area contributed by atoms with Crippen molar-refractivity contribution in [2.75, 3.05) is 0 Å².